The van der Waals surface area contributed by atoms with Crippen LogP contribution in [0.5, 0.6) is 0 Å². The SMILES string of the molecule is Cc1ccc2c(c1)nc(CCl)n2Cc1cccc(C)n1. The van der Waals surface area contributed by atoms with Gasteiger partial charge in [0.1, 0.15) is 5.82 Å². The average molecular weight is 286 g/mol. The van der Waals surface area contributed by atoms with Gasteiger partial charge in [-0.1, -0.05) is 12.1 Å². The van der Waals surface area contributed by atoms with Crippen LogP contribution in [-0.4, -0.2) is 14.5 Å². The lowest BCUT2D eigenvalue weighted by Gasteiger charge is -2.08. The van der Waals surface area contributed by atoms with Crippen LogP contribution in [0.2, 0.25) is 0 Å². The second kappa shape index (κ2) is 5.25. The number of aryl methyl sites for hydroxylation is 2. The van der Waals surface area contributed by atoms with E-state index in [1.165, 1.54) is 5.56 Å². The van der Waals surface area contributed by atoms with Crippen LogP contribution < -0.4 is 0 Å². The van der Waals surface area contributed by atoms with Gasteiger partial charge < -0.3 is 4.57 Å². The first-order chi connectivity index (χ1) is 9.67. The Hall–Kier alpha value is -1.87. The minimum atomic E-state index is 0.402. The molecule has 0 spiro atoms. The van der Waals surface area contributed by atoms with Crippen molar-refractivity contribution < 1.29 is 0 Å². The van der Waals surface area contributed by atoms with Crippen molar-refractivity contribution in [1.29, 1.82) is 0 Å². The molecule has 0 aliphatic carbocycles. The van der Waals surface area contributed by atoms with Gasteiger partial charge in [-0.15, -0.1) is 11.6 Å². The van der Waals surface area contributed by atoms with Crippen LogP contribution in [0.25, 0.3) is 11.0 Å². The van der Waals surface area contributed by atoms with Crippen LogP contribution in [0.4, 0.5) is 0 Å². The van der Waals surface area contributed by atoms with Gasteiger partial charge in [-0.05, 0) is 43.7 Å². The first-order valence-corrected chi connectivity index (χ1v) is 7.15. The summed E-state index contributed by atoms with van der Waals surface area (Å²) in [4.78, 5) is 9.17. The molecular formula is C16H16ClN3. The van der Waals surface area contributed by atoms with Gasteiger partial charge in [0, 0.05) is 5.69 Å². The normalized spacial score (nSPS) is 11.2. The molecule has 102 valence electrons. The zero-order valence-corrected chi connectivity index (χ0v) is 12.4. The molecule has 1 aromatic carbocycles. The molecule has 3 rings (SSSR count). The molecule has 0 N–H and O–H groups in total. The fraction of sp³-hybridized carbons (Fsp3) is 0.250. The van der Waals surface area contributed by atoms with E-state index in [2.05, 4.69) is 39.7 Å². The molecule has 0 saturated heterocycles. The van der Waals surface area contributed by atoms with Gasteiger partial charge in [0.2, 0.25) is 0 Å². The van der Waals surface area contributed by atoms with Gasteiger partial charge in [0.15, 0.2) is 0 Å². The summed E-state index contributed by atoms with van der Waals surface area (Å²) < 4.78 is 2.14. The number of aromatic nitrogens is 3. The second-order valence-corrected chi connectivity index (χ2v) is 5.28. The summed E-state index contributed by atoms with van der Waals surface area (Å²) in [5.74, 6) is 1.29. The molecule has 0 fully saturated rings. The Labute approximate surface area is 123 Å². The third-order valence-electron chi connectivity index (χ3n) is 3.37. The lowest BCUT2D eigenvalue weighted by Crippen LogP contribution is -2.05. The summed E-state index contributed by atoms with van der Waals surface area (Å²) in [5.41, 5.74) is 5.35. The fourth-order valence-corrected chi connectivity index (χ4v) is 2.62. The van der Waals surface area contributed by atoms with Gasteiger partial charge >= 0.3 is 0 Å². The number of imidazole rings is 1. The van der Waals surface area contributed by atoms with Crippen molar-refractivity contribution in [1.82, 2.24) is 14.5 Å². The Morgan fingerprint density at radius 2 is 1.95 bits per heavy atom. The topological polar surface area (TPSA) is 30.7 Å². The number of hydrogen-bond donors (Lipinski definition) is 0. The lowest BCUT2D eigenvalue weighted by molar-refractivity contribution is 0.755. The standard InChI is InChI=1S/C16H16ClN3/c1-11-6-7-15-14(8-11)19-16(9-17)20(15)10-13-5-3-4-12(2)18-13/h3-8H,9-10H2,1-2H3. The summed E-state index contributed by atoms with van der Waals surface area (Å²) in [7, 11) is 0. The average Bonchev–Trinajstić information content (AvgIpc) is 2.76. The quantitative estimate of drug-likeness (QED) is 0.685. The Balaban J connectivity index is 2.10. The van der Waals surface area contributed by atoms with E-state index in [1.807, 2.05) is 25.1 Å². The van der Waals surface area contributed by atoms with Crippen LogP contribution in [0, 0.1) is 13.8 Å². The molecule has 0 radical (unpaired) electrons. The maximum Gasteiger partial charge on any atom is 0.125 e. The molecule has 2 aromatic heterocycles. The zero-order valence-electron chi connectivity index (χ0n) is 11.6. The number of rotatable bonds is 3. The predicted molar refractivity (Wildman–Crippen MR) is 82.1 cm³/mol. The number of nitrogens with zero attached hydrogens (tertiary/aromatic N) is 3. The van der Waals surface area contributed by atoms with Crippen molar-refractivity contribution >= 4 is 22.6 Å². The summed E-state index contributed by atoms with van der Waals surface area (Å²) >= 11 is 6.04. The van der Waals surface area contributed by atoms with Crippen molar-refractivity contribution in [2.45, 2.75) is 26.3 Å². The zero-order chi connectivity index (χ0) is 14.1. The highest BCUT2D eigenvalue weighted by molar-refractivity contribution is 6.16. The molecule has 0 aliphatic rings. The molecular weight excluding hydrogens is 270 g/mol. The Morgan fingerprint density at radius 1 is 1.10 bits per heavy atom. The number of benzene rings is 1. The van der Waals surface area contributed by atoms with Gasteiger partial charge in [-0.2, -0.15) is 0 Å². The maximum absolute atomic E-state index is 6.04. The largest absolute Gasteiger partial charge is 0.321 e. The van der Waals surface area contributed by atoms with Gasteiger partial charge in [0.25, 0.3) is 0 Å². The number of hydrogen-bond acceptors (Lipinski definition) is 2. The Kier molecular flexibility index (Phi) is 3.45. The van der Waals surface area contributed by atoms with Crippen LogP contribution in [0.1, 0.15) is 22.8 Å². The molecule has 0 bridgehead atoms. The number of halogens is 1. The van der Waals surface area contributed by atoms with Crippen LogP contribution in [-0.2, 0) is 12.4 Å². The van der Waals surface area contributed by atoms with Gasteiger partial charge in [-0.3, -0.25) is 4.98 Å². The monoisotopic (exact) mass is 285 g/mol. The second-order valence-electron chi connectivity index (χ2n) is 5.01. The first-order valence-electron chi connectivity index (χ1n) is 6.61. The highest BCUT2D eigenvalue weighted by Crippen LogP contribution is 2.20. The molecule has 0 saturated carbocycles. The summed E-state index contributed by atoms with van der Waals surface area (Å²) in [6.45, 7) is 4.77. The smallest absolute Gasteiger partial charge is 0.125 e. The maximum atomic E-state index is 6.04. The van der Waals surface area contributed by atoms with E-state index in [1.54, 1.807) is 0 Å². The first kappa shape index (κ1) is 13.1. The minimum Gasteiger partial charge on any atom is -0.321 e. The van der Waals surface area contributed by atoms with Crippen LogP contribution >= 0.6 is 11.6 Å². The van der Waals surface area contributed by atoms with Gasteiger partial charge in [-0.25, -0.2) is 4.98 Å². The molecule has 20 heavy (non-hydrogen) atoms. The van der Waals surface area contributed by atoms with Crippen molar-refractivity contribution in [3.63, 3.8) is 0 Å². The molecule has 3 nitrogen and oxygen atoms in total. The van der Waals surface area contributed by atoms with E-state index >= 15 is 0 Å². The molecule has 0 unspecified atom stereocenters. The fourth-order valence-electron chi connectivity index (χ4n) is 2.42. The van der Waals surface area contributed by atoms with E-state index in [0.29, 0.717) is 12.4 Å². The van der Waals surface area contributed by atoms with Crippen molar-refractivity contribution in [2.75, 3.05) is 0 Å². The highest BCUT2D eigenvalue weighted by atomic mass is 35.5. The molecule has 0 aliphatic heterocycles. The van der Waals surface area contributed by atoms with E-state index in [4.69, 9.17) is 11.6 Å². The van der Waals surface area contributed by atoms with Crippen molar-refractivity contribution in [3.05, 3.63) is 59.2 Å². The van der Waals surface area contributed by atoms with Crippen molar-refractivity contribution in [3.8, 4) is 0 Å². The predicted octanol–water partition coefficient (Wildman–Crippen LogP) is 3.84. The lowest BCUT2D eigenvalue weighted by atomic mass is 10.2. The van der Waals surface area contributed by atoms with E-state index in [0.717, 1.165) is 28.2 Å². The number of alkyl halides is 1. The summed E-state index contributed by atoms with van der Waals surface area (Å²) in [6.07, 6.45) is 0. The van der Waals surface area contributed by atoms with E-state index in [-0.39, 0.29) is 0 Å². The molecule has 4 heteroatoms. The summed E-state index contributed by atoms with van der Waals surface area (Å²) in [6, 6.07) is 12.4. The molecule has 0 amide bonds. The van der Waals surface area contributed by atoms with E-state index in [9.17, 15) is 0 Å². The third kappa shape index (κ3) is 2.41. The minimum absolute atomic E-state index is 0.402. The third-order valence-corrected chi connectivity index (χ3v) is 3.61. The molecule has 0 atom stereocenters. The molecule has 2 heterocycles. The Morgan fingerprint density at radius 3 is 2.70 bits per heavy atom. The highest BCUT2D eigenvalue weighted by Gasteiger charge is 2.11. The van der Waals surface area contributed by atoms with Crippen molar-refractivity contribution in [2.24, 2.45) is 0 Å². The van der Waals surface area contributed by atoms with Crippen LogP contribution in [0.15, 0.2) is 36.4 Å². The Bertz CT molecular complexity index is 762. The van der Waals surface area contributed by atoms with Gasteiger partial charge in [0.05, 0.1) is 29.2 Å². The van der Waals surface area contributed by atoms with E-state index < -0.39 is 0 Å². The molecule has 3 aromatic rings. The number of fused-ring (bicyclic) bond motifs is 1. The summed E-state index contributed by atoms with van der Waals surface area (Å²) in [5, 5.41) is 0. The van der Waals surface area contributed by atoms with Crippen LogP contribution in [0.3, 0.4) is 0 Å². The number of pyridine rings is 1.